The number of hydrogen-bond donors (Lipinski definition) is 2. The molecular formula is C18H33IN4O2S. The molecule has 0 aromatic rings. The van der Waals surface area contributed by atoms with Gasteiger partial charge < -0.3 is 10.6 Å². The third-order valence-corrected chi connectivity index (χ3v) is 7.99. The maximum absolute atomic E-state index is 11.7. The lowest BCUT2D eigenvalue weighted by molar-refractivity contribution is 0.321. The lowest BCUT2D eigenvalue weighted by Crippen LogP contribution is -2.48. The van der Waals surface area contributed by atoms with Crippen LogP contribution in [0.3, 0.4) is 0 Å². The van der Waals surface area contributed by atoms with Gasteiger partial charge in [-0.2, -0.15) is 0 Å². The maximum Gasteiger partial charge on any atom is 0.191 e. The molecule has 6 nitrogen and oxygen atoms in total. The van der Waals surface area contributed by atoms with Gasteiger partial charge in [0.05, 0.1) is 11.5 Å². The number of halogens is 1. The van der Waals surface area contributed by atoms with E-state index >= 15 is 0 Å². The van der Waals surface area contributed by atoms with Crippen molar-refractivity contribution < 1.29 is 8.42 Å². The lowest BCUT2D eigenvalue weighted by Gasteiger charge is -2.22. The molecule has 2 heterocycles. The van der Waals surface area contributed by atoms with E-state index in [0.29, 0.717) is 30.1 Å². The van der Waals surface area contributed by atoms with Gasteiger partial charge in [-0.05, 0) is 44.4 Å². The highest BCUT2D eigenvalue weighted by molar-refractivity contribution is 14.0. The van der Waals surface area contributed by atoms with E-state index < -0.39 is 9.84 Å². The second kappa shape index (κ2) is 8.94. The molecule has 0 spiro atoms. The predicted octanol–water partition coefficient (Wildman–Crippen LogP) is 1.75. The van der Waals surface area contributed by atoms with E-state index in [-0.39, 0.29) is 29.9 Å². The molecule has 2 saturated heterocycles. The average Bonchev–Trinajstić information content (AvgIpc) is 2.96. The lowest BCUT2D eigenvalue weighted by atomic mass is 10.1. The van der Waals surface area contributed by atoms with Crippen LogP contribution in [0.2, 0.25) is 0 Å². The van der Waals surface area contributed by atoms with Crippen LogP contribution in [0.1, 0.15) is 51.4 Å². The molecular weight excluding hydrogens is 463 g/mol. The van der Waals surface area contributed by atoms with Gasteiger partial charge in [-0.3, -0.25) is 9.89 Å². The molecule has 2 N–H and O–H groups in total. The Morgan fingerprint density at radius 1 is 1.00 bits per heavy atom. The first-order valence-corrected chi connectivity index (χ1v) is 11.9. The first kappa shape index (κ1) is 20.6. The van der Waals surface area contributed by atoms with E-state index in [4.69, 9.17) is 4.99 Å². The smallest absolute Gasteiger partial charge is 0.191 e. The zero-order valence-electron chi connectivity index (χ0n) is 15.5. The molecule has 2 unspecified atom stereocenters. The normalized spacial score (nSPS) is 32.5. The molecule has 2 aliphatic carbocycles. The van der Waals surface area contributed by atoms with Crippen molar-refractivity contribution in [3.63, 3.8) is 0 Å². The zero-order valence-corrected chi connectivity index (χ0v) is 18.7. The van der Waals surface area contributed by atoms with Crippen molar-refractivity contribution in [2.45, 2.75) is 69.5 Å². The Morgan fingerprint density at radius 3 is 2.38 bits per heavy atom. The Hall–Kier alpha value is -0.0900. The fraction of sp³-hybridized carbons (Fsp3) is 0.944. The fourth-order valence-electron chi connectivity index (χ4n) is 4.50. The van der Waals surface area contributed by atoms with Gasteiger partial charge in [-0.25, -0.2) is 8.42 Å². The Labute approximate surface area is 174 Å². The van der Waals surface area contributed by atoms with Gasteiger partial charge in [-0.15, -0.1) is 24.0 Å². The van der Waals surface area contributed by atoms with Crippen molar-refractivity contribution in [3.05, 3.63) is 0 Å². The number of sulfone groups is 1. The highest BCUT2D eigenvalue weighted by Crippen LogP contribution is 2.29. The quantitative estimate of drug-likeness (QED) is 0.345. The highest BCUT2D eigenvalue weighted by Gasteiger charge is 2.35. The summed E-state index contributed by atoms with van der Waals surface area (Å²) in [6, 6.07) is 1.83. The Bertz CT molecular complexity index is 602. The Balaban J connectivity index is 0.00000196. The van der Waals surface area contributed by atoms with Crippen molar-refractivity contribution in [2.24, 2.45) is 10.9 Å². The second-order valence-corrected chi connectivity index (χ2v) is 10.7. The predicted molar refractivity (Wildman–Crippen MR) is 116 cm³/mol. The molecule has 4 fully saturated rings. The number of rotatable bonds is 5. The molecule has 26 heavy (non-hydrogen) atoms. The number of nitrogens with one attached hydrogen (secondary N) is 2. The number of nitrogens with zero attached hydrogens (tertiary/aromatic N) is 2. The molecule has 2 aliphatic heterocycles. The summed E-state index contributed by atoms with van der Waals surface area (Å²) in [5.41, 5.74) is 0. The van der Waals surface area contributed by atoms with Crippen molar-refractivity contribution in [2.75, 3.05) is 31.1 Å². The van der Waals surface area contributed by atoms with Crippen LogP contribution in [-0.2, 0) is 9.84 Å². The van der Waals surface area contributed by atoms with Crippen molar-refractivity contribution in [1.29, 1.82) is 0 Å². The summed E-state index contributed by atoms with van der Waals surface area (Å²) in [4.78, 5) is 7.40. The summed E-state index contributed by atoms with van der Waals surface area (Å²) in [7, 11) is -2.81. The van der Waals surface area contributed by atoms with Gasteiger partial charge >= 0.3 is 0 Å². The minimum absolute atomic E-state index is 0. The first-order chi connectivity index (χ1) is 12.1. The van der Waals surface area contributed by atoms with Gasteiger partial charge in [0.2, 0.25) is 0 Å². The van der Waals surface area contributed by atoms with E-state index in [1.165, 1.54) is 51.5 Å². The molecule has 0 bridgehead atoms. The zero-order chi connectivity index (χ0) is 17.3. The number of likely N-dealkylation sites (tertiary alicyclic amines) is 1. The fourth-order valence-corrected chi connectivity index (χ4v) is 6.35. The molecule has 150 valence electrons. The molecule has 0 amide bonds. The Kier molecular flexibility index (Phi) is 7.10. The minimum Gasteiger partial charge on any atom is -0.354 e. The van der Waals surface area contributed by atoms with Crippen LogP contribution < -0.4 is 10.6 Å². The van der Waals surface area contributed by atoms with Gasteiger partial charge in [0.1, 0.15) is 0 Å². The summed E-state index contributed by atoms with van der Waals surface area (Å²) in [6.45, 7) is 2.94. The standard InChI is InChI=1S/C18H32N4O2S.HI/c23-25(24)10-8-14(13-25)11-19-18(20-15-3-1-2-4-15)21-16-7-9-22(12-16)17-5-6-17;/h14-17H,1-13H2,(H2,19,20,21);1H. The maximum atomic E-state index is 11.7. The number of aliphatic imine (C=N–C) groups is 1. The number of guanidine groups is 1. The Morgan fingerprint density at radius 2 is 1.73 bits per heavy atom. The van der Waals surface area contributed by atoms with E-state index in [1.807, 2.05) is 0 Å². The van der Waals surface area contributed by atoms with Crippen LogP contribution in [0.15, 0.2) is 4.99 Å². The van der Waals surface area contributed by atoms with Gasteiger partial charge in [0, 0.05) is 37.8 Å². The van der Waals surface area contributed by atoms with Crippen molar-refractivity contribution >= 4 is 39.8 Å². The molecule has 4 aliphatic rings. The summed E-state index contributed by atoms with van der Waals surface area (Å²) >= 11 is 0. The molecule has 0 radical (unpaired) electrons. The van der Waals surface area contributed by atoms with Crippen LogP contribution in [0.4, 0.5) is 0 Å². The summed E-state index contributed by atoms with van der Waals surface area (Å²) in [5, 5.41) is 7.27. The summed E-state index contributed by atoms with van der Waals surface area (Å²) < 4.78 is 23.3. The summed E-state index contributed by atoms with van der Waals surface area (Å²) in [5.74, 6) is 1.76. The minimum atomic E-state index is -2.81. The molecule has 0 aromatic heterocycles. The SMILES string of the molecule is I.O=S1(=O)CCC(CN=C(NC2CCCC2)NC2CCN(C3CC3)C2)C1. The highest BCUT2D eigenvalue weighted by atomic mass is 127. The molecule has 8 heteroatoms. The van der Waals surface area contributed by atoms with E-state index in [9.17, 15) is 8.42 Å². The molecule has 0 aromatic carbocycles. The van der Waals surface area contributed by atoms with E-state index in [0.717, 1.165) is 25.0 Å². The first-order valence-electron chi connectivity index (χ1n) is 10.1. The van der Waals surface area contributed by atoms with Crippen LogP contribution in [0, 0.1) is 5.92 Å². The van der Waals surface area contributed by atoms with Crippen LogP contribution in [0.25, 0.3) is 0 Å². The third-order valence-electron chi connectivity index (χ3n) is 6.15. The second-order valence-electron chi connectivity index (χ2n) is 8.44. The topological polar surface area (TPSA) is 73.8 Å². The van der Waals surface area contributed by atoms with Gasteiger partial charge in [-0.1, -0.05) is 12.8 Å². The molecule has 4 rings (SSSR count). The van der Waals surface area contributed by atoms with Crippen LogP contribution in [0.5, 0.6) is 0 Å². The average molecular weight is 496 g/mol. The van der Waals surface area contributed by atoms with E-state index in [1.54, 1.807) is 0 Å². The largest absolute Gasteiger partial charge is 0.354 e. The van der Waals surface area contributed by atoms with Crippen molar-refractivity contribution in [3.8, 4) is 0 Å². The monoisotopic (exact) mass is 496 g/mol. The van der Waals surface area contributed by atoms with E-state index in [2.05, 4.69) is 15.5 Å². The van der Waals surface area contributed by atoms with Gasteiger partial charge in [0.25, 0.3) is 0 Å². The van der Waals surface area contributed by atoms with Crippen LogP contribution >= 0.6 is 24.0 Å². The summed E-state index contributed by atoms with van der Waals surface area (Å²) in [6.07, 6.45) is 9.71. The third kappa shape index (κ3) is 5.70. The molecule has 2 saturated carbocycles. The number of hydrogen-bond acceptors (Lipinski definition) is 4. The van der Waals surface area contributed by atoms with Crippen LogP contribution in [-0.4, -0.2) is 68.5 Å². The van der Waals surface area contributed by atoms with Gasteiger partial charge in [0.15, 0.2) is 15.8 Å². The molecule has 2 atom stereocenters. The van der Waals surface area contributed by atoms with Crippen molar-refractivity contribution in [1.82, 2.24) is 15.5 Å².